The van der Waals surface area contributed by atoms with Gasteiger partial charge in [0.1, 0.15) is 11.4 Å². The number of aliphatic hydroxyl groups is 1. The van der Waals surface area contributed by atoms with E-state index in [1.54, 1.807) is 0 Å². The predicted octanol–water partition coefficient (Wildman–Crippen LogP) is 1.06. The van der Waals surface area contributed by atoms with Gasteiger partial charge in [0.2, 0.25) is 0 Å². The second kappa shape index (κ2) is 8.33. The van der Waals surface area contributed by atoms with E-state index in [4.69, 9.17) is 9.84 Å². The second-order valence-corrected chi connectivity index (χ2v) is 6.78. The minimum atomic E-state index is -0.424. The zero-order valence-electron chi connectivity index (χ0n) is 15.0. The Bertz CT molecular complexity index is 679. The van der Waals surface area contributed by atoms with Gasteiger partial charge < -0.3 is 20.1 Å². The number of hydrogen-bond acceptors (Lipinski definition) is 6. The Morgan fingerprint density at radius 3 is 2.54 bits per heavy atom. The second-order valence-electron chi connectivity index (χ2n) is 6.78. The normalized spacial score (nSPS) is 19.0. The molecule has 7 nitrogen and oxygen atoms in total. The highest BCUT2D eigenvalue weighted by molar-refractivity contribution is 6.17. The fourth-order valence-electron chi connectivity index (χ4n) is 3.14. The number of rotatable bonds is 7. The molecule has 0 aliphatic carbocycles. The first kappa shape index (κ1) is 18.4. The van der Waals surface area contributed by atoms with Crippen LogP contribution in [0.3, 0.4) is 0 Å². The largest absolute Gasteiger partial charge is 0.493 e. The standard InChI is InChI=1S/C19H25N3O4/c1-21-8-6-14(7-9-21)13-26-16-4-2-15(3-5-16)20-17-12-18(24)22(10-11-23)19(17)25/h2-5,12,14,20,23H,6-11,13H2,1H3. The van der Waals surface area contributed by atoms with Gasteiger partial charge in [0.15, 0.2) is 0 Å². The fourth-order valence-corrected chi connectivity index (χ4v) is 3.14. The monoisotopic (exact) mass is 359 g/mol. The van der Waals surface area contributed by atoms with Gasteiger partial charge in [-0.25, -0.2) is 0 Å². The van der Waals surface area contributed by atoms with Crippen LogP contribution in [0.25, 0.3) is 0 Å². The van der Waals surface area contributed by atoms with E-state index in [0.717, 1.165) is 43.2 Å². The van der Waals surface area contributed by atoms with Gasteiger partial charge in [-0.1, -0.05) is 0 Å². The Balaban J connectivity index is 1.51. The van der Waals surface area contributed by atoms with Crippen LogP contribution < -0.4 is 10.1 Å². The number of anilines is 1. The van der Waals surface area contributed by atoms with Gasteiger partial charge >= 0.3 is 0 Å². The van der Waals surface area contributed by atoms with Crippen molar-refractivity contribution in [3.63, 3.8) is 0 Å². The molecule has 2 N–H and O–H groups in total. The SMILES string of the molecule is CN1CCC(COc2ccc(NC3=CC(=O)N(CCO)C3=O)cc2)CC1. The Morgan fingerprint density at radius 2 is 1.88 bits per heavy atom. The first-order valence-corrected chi connectivity index (χ1v) is 8.93. The van der Waals surface area contributed by atoms with E-state index < -0.39 is 11.8 Å². The van der Waals surface area contributed by atoms with Crippen molar-refractivity contribution in [3.05, 3.63) is 36.0 Å². The molecule has 3 rings (SSSR count). The molecule has 1 aromatic carbocycles. The molecule has 7 heteroatoms. The number of carbonyl (C=O) groups is 2. The smallest absolute Gasteiger partial charge is 0.277 e. The van der Waals surface area contributed by atoms with Crippen molar-refractivity contribution >= 4 is 17.5 Å². The lowest BCUT2D eigenvalue weighted by Crippen LogP contribution is -2.34. The summed E-state index contributed by atoms with van der Waals surface area (Å²) in [6, 6.07) is 7.34. The van der Waals surface area contributed by atoms with Crippen LogP contribution in [0.4, 0.5) is 5.69 Å². The Hall–Kier alpha value is -2.38. The molecular weight excluding hydrogens is 334 g/mol. The van der Waals surface area contributed by atoms with Crippen LogP contribution in [0, 0.1) is 5.92 Å². The molecule has 2 heterocycles. The number of piperidine rings is 1. The molecule has 1 fully saturated rings. The number of aliphatic hydroxyl groups excluding tert-OH is 1. The number of amides is 2. The third kappa shape index (κ3) is 4.42. The molecule has 2 amide bonds. The third-order valence-corrected chi connectivity index (χ3v) is 4.79. The van der Waals surface area contributed by atoms with Crippen LogP contribution in [0.15, 0.2) is 36.0 Å². The molecule has 2 aliphatic heterocycles. The molecule has 26 heavy (non-hydrogen) atoms. The van der Waals surface area contributed by atoms with Crippen LogP contribution in [0.2, 0.25) is 0 Å². The first-order chi connectivity index (χ1) is 12.6. The van der Waals surface area contributed by atoms with Crippen LogP contribution in [0.5, 0.6) is 5.75 Å². The maximum absolute atomic E-state index is 12.1. The van der Waals surface area contributed by atoms with Crippen molar-refractivity contribution in [3.8, 4) is 5.75 Å². The predicted molar refractivity (Wildman–Crippen MR) is 97.7 cm³/mol. The van der Waals surface area contributed by atoms with E-state index in [9.17, 15) is 9.59 Å². The third-order valence-electron chi connectivity index (χ3n) is 4.79. The number of carbonyl (C=O) groups excluding carboxylic acids is 2. The van der Waals surface area contributed by atoms with Gasteiger partial charge in [-0.3, -0.25) is 14.5 Å². The van der Waals surface area contributed by atoms with Crippen molar-refractivity contribution in [2.24, 2.45) is 5.92 Å². The van der Waals surface area contributed by atoms with Crippen molar-refractivity contribution in [2.75, 3.05) is 45.2 Å². The molecule has 0 radical (unpaired) electrons. The number of likely N-dealkylation sites (tertiary alicyclic amines) is 1. The zero-order valence-corrected chi connectivity index (χ0v) is 15.0. The number of imide groups is 1. The highest BCUT2D eigenvalue weighted by Gasteiger charge is 2.30. The summed E-state index contributed by atoms with van der Waals surface area (Å²) >= 11 is 0. The van der Waals surface area contributed by atoms with E-state index >= 15 is 0 Å². The molecule has 1 aromatic rings. The maximum Gasteiger partial charge on any atom is 0.277 e. The molecule has 140 valence electrons. The molecule has 0 atom stereocenters. The average Bonchev–Trinajstić information content (AvgIpc) is 2.90. The van der Waals surface area contributed by atoms with E-state index in [1.165, 1.54) is 6.08 Å². The molecular formula is C19H25N3O4. The number of β-amino-alcohol motifs (C(OH)–C–C–N with tert-alkyl or cyclic N) is 1. The number of hydrogen-bond donors (Lipinski definition) is 2. The molecule has 0 aromatic heterocycles. The number of nitrogens with one attached hydrogen (secondary N) is 1. The summed E-state index contributed by atoms with van der Waals surface area (Å²) in [7, 11) is 2.14. The lowest BCUT2D eigenvalue weighted by atomic mass is 9.98. The van der Waals surface area contributed by atoms with Crippen LogP contribution in [-0.4, -0.2) is 66.6 Å². The van der Waals surface area contributed by atoms with Crippen molar-refractivity contribution < 1.29 is 19.4 Å². The molecule has 2 aliphatic rings. The molecule has 1 saturated heterocycles. The lowest BCUT2D eigenvalue weighted by molar-refractivity contribution is -0.137. The molecule has 0 unspecified atom stereocenters. The Kier molecular flexibility index (Phi) is 5.90. The summed E-state index contributed by atoms with van der Waals surface area (Å²) in [5, 5.41) is 11.9. The highest BCUT2D eigenvalue weighted by Crippen LogP contribution is 2.22. The maximum atomic E-state index is 12.1. The fraction of sp³-hybridized carbons (Fsp3) is 0.474. The van der Waals surface area contributed by atoms with E-state index in [2.05, 4.69) is 17.3 Å². The molecule has 0 spiro atoms. The summed E-state index contributed by atoms with van der Waals surface area (Å²) in [4.78, 5) is 27.2. The highest BCUT2D eigenvalue weighted by atomic mass is 16.5. The minimum absolute atomic E-state index is 0.00306. The lowest BCUT2D eigenvalue weighted by Gasteiger charge is -2.28. The van der Waals surface area contributed by atoms with E-state index in [1.807, 2.05) is 24.3 Å². The van der Waals surface area contributed by atoms with E-state index in [-0.39, 0.29) is 18.8 Å². The first-order valence-electron chi connectivity index (χ1n) is 8.93. The Morgan fingerprint density at radius 1 is 1.19 bits per heavy atom. The summed E-state index contributed by atoms with van der Waals surface area (Å²) in [5.74, 6) is 0.546. The molecule has 0 bridgehead atoms. The number of benzene rings is 1. The minimum Gasteiger partial charge on any atom is -0.493 e. The number of nitrogens with zero attached hydrogens (tertiary/aromatic N) is 2. The number of ether oxygens (including phenoxy) is 1. The van der Waals surface area contributed by atoms with Gasteiger partial charge in [0.25, 0.3) is 11.8 Å². The summed E-state index contributed by atoms with van der Waals surface area (Å²) in [6.07, 6.45) is 3.57. The van der Waals surface area contributed by atoms with E-state index in [0.29, 0.717) is 11.6 Å². The summed E-state index contributed by atoms with van der Waals surface area (Å²) in [5.41, 5.74) is 0.915. The summed E-state index contributed by atoms with van der Waals surface area (Å²) < 4.78 is 5.87. The summed E-state index contributed by atoms with van der Waals surface area (Å²) in [6.45, 7) is 2.71. The molecule has 0 saturated carbocycles. The van der Waals surface area contributed by atoms with Crippen molar-refractivity contribution in [1.82, 2.24) is 9.80 Å². The average molecular weight is 359 g/mol. The Labute approximate surface area is 153 Å². The van der Waals surface area contributed by atoms with Gasteiger partial charge in [0, 0.05) is 11.8 Å². The quantitative estimate of drug-likeness (QED) is 0.709. The van der Waals surface area contributed by atoms with Gasteiger partial charge in [-0.15, -0.1) is 0 Å². The van der Waals surface area contributed by atoms with Crippen LogP contribution >= 0.6 is 0 Å². The van der Waals surface area contributed by atoms with Crippen LogP contribution in [0.1, 0.15) is 12.8 Å². The topological polar surface area (TPSA) is 82.1 Å². The van der Waals surface area contributed by atoms with Gasteiger partial charge in [-0.05, 0) is 63.2 Å². The van der Waals surface area contributed by atoms with Gasteiger partial charge in [-0.2, -0.15) is 0 Å². The zero-order chi connectivity index (χ0) is 18.5. The van der Waals surface area contributed by atoms with Gasteiger partial charge in [0.05, 0.1) is 19.8 Å². The van der Waals surface area contributed by atoms with Crippen molar-refractivity contribution in [2.45, 2.75) is 12.8 Å². The van der Waals surface area contributed by atoms with Crippen molar-refractivity contribution in [1.29, 1.82) is 0 Å². The van der Waals surface area contributed by atoms with Crippen LogP contribution in [-0.2, 0) is 9.59 Å².